The Morgan fingerprint density at radius 2 is 1.71 bits per heavy atom. The SMILES string of the molecule is Cc1ccc(OCc2cccc(S(=O)(=O)N(C)C)c2)cc1. The Hall–Kier alpha value is -1.85. The van der Waals surface area contributed by atoms with Crippen LogP contribution in [0.15, 0.2) is 53.4 Å². The predicted molar refractivity (Wildman–Crippen MR) is 82.8 cm³/mol. The zero-order chi connectivity index (χ0) is 15.5. The van der Waals surface area contributed by atoms with E-state index in [4.69, 9.17) is 4.74 Å². The van der Waals surface area contributed by atoms with Crippen LogP contribution in [-0.4, -0.2) is 26.8 Å². The monoisotopic (exact) mass is 305 g/mol. The number of nitrogens with zero attached hydrogens (tertiary/aromatic N) is 1. The van der Waals surface area contributed by atoms with Gasteiger partial charge in [-0.1, -0.05) is 29.8 Å². The van der Waals surface area contributed by atoms with E-state index < -0.39 is 10.0 Å². The van der Waals surface area contributed by atoms with E-state index in [0.717, 1.165) is 11.3 Å². The summed E-state index contributed by atoms with van der Waals surface area (Å²) in [4.78, 5) is 0.275. The number of rotatable bonds is 5. The Kier molecular flexibility index (Phi) is 4.65. The largest absolute Gasteiger partial charge is 0.489 e. The van der Waals surface area contributed by atoms with E-state index in [0.29, 0.717) is 6.61 Å². The molecule has 0 atom stereocenters. The number of benzene rings is 2. The molecule has 0 unspecified atom stereocenters. The fourth-order valence-corrected chi connectivity index (χ4v) is 2.78. The summed E-state index contributed by atoms with van der Waals surface area (Å²) in [5.41, 5.74) is 1.99. The fourth-order valence-electron chi connectivity index (χ4n) is 1.81. The first kappa shape index (κ1) is 15.5. The molecule has 0 aliphatic rings. The molecular formula is C16H19NO3S. The molecule has 0 heterocycles. The lowest BCUT2D eigenvalue weighted by Crippen LogP contribution is -2.22. The molecule has 0 aliphatic heterocycles. The lowest BCUT2D eigenvalue weighted by atomic mass is 10.2. The van der Waals surface area contributed by atoms with E-state index in [9.17, 15) is 8.42 Å². The van der Waals surface area contributed by atoms with Crippen LogP contribution in [0, 0.1) is 6.92 Å². The zero-order valence-electron chi connectivity index (χ0n) is 12.4. The third-order valence-electron chi connectivity index (χ3n) is 3.10. The Morgan fingerprint density at radius 1 is 1.05 bits per heavy atom. The van der Waals surface area contributed by atoms with E-state index in [2.05, 4.69) is 0 Å². The van der Waals surface area contributed by atoms with E-state index >= 15 is 0 Å². The second kappa shape index (κ2) is 6.28. The lowest BCUT2D eigenvalue weighted by molar-refractivity contribution is 0.306. The Balaban J connectivity index is 2.13. The van der Waals surface area contributed by atoms with Gasteiger partial charge < -0.3 is 4.74 Å². The van der Waals surface area contributed by atoms with Gasteiger partial charge in [-0.2, -0.15) is 0 Å². The first-order valence-corrected chi connectivity index (χ1v) is 8.04. The van der Waals surface area contributed by atoms with E-state index in [1.54, 1.807) is 18.2 Å². The van der Waals surface area contributed by atoms with Crippen LogP contribution >= 0.6 is 0 Å². The van der Waals surface area contributed by atoms with Gasteiger partial charge in [-0.15, -0.1) is 0 Å². The first-order chi connectivity index (χ1) is 9.89. The lowest BCUT2D eigenvalue weighted by Gasteiger charge is -2.12. The highest BCUT2D eigenvalue weighted by atomic mass is 32.2. The summed E-state index contributed by atoms with van der Waals surface area (Å²) in [6.45, 7) is 2.35. The van der Waals surface area contributed by atoms with Crippen LogP contribution in [0.3, 0.4) is 0 Å². The molecule has 2 aromatic rings. The van der Waals surface area contributed by atoms with E-state index in [1.807, 2.05) is 37.3 Å². The highest BCUT2D eigenvalue weighted by molar-refractivity contribution is 7.89. The summed E-state index contributed by atoms with van der Waals surface area (Å²) in [7, 11) is -0.373. The van der Waals surface area contributed by atoms with Crippen molar-refractivity contribution < 1.29 is 13.2 Å². The molecule has 0 N–H and O–H groups in total. The van der Waals surface area contributed by atoms with Crippen molar-refractivity contribution in [2.75, 3.05) is 14.1 Å². The van der Waals surface area contributed by atoms with Crippen molar-refractivity contribution in [3.8, 4) is 5.75 Å². The molecule has 2 rings (SSSR count). The molecule has 2 aromatic carbocycles. The van der Waals surface area contributed by atoms with Crippen LogP contribution in [0.5, 0.6) is 5.75 Å². The average Bonchev–Trinajstić information content (AvgIpc) is 2.47. The Labute approximate surface area is 126 Å². The Bertz CT molecular complexity index is 707. The average molecular weight is 305 g/mol. The molecule has 0 amide bonds. The minimum absolute atomic E-state index is 0.275. The van der Waals surface area contributed by atoms with Crippen molar-refractivity contribution in [3.63, 3.8) is 0 Å². The van der Waals surface area contributed by atoms with Gasteiger partial charge >= 0.3 is 0 Å². The normalized spacial score (nSPS) is 11.6. The van der Waals surface area contributed by atoms with Crippen molar-refractivity contribution in [1.29, 1.82) is 0 Å². The maximum Gasteiger partial charge on any atom is 0.242 e. The van der Waals surface area contributed by atoms with Crippen LogP contribution in [-0.2, 0) is 16.6 Å². The number of hydrogen-bond acceptors (Lipinski definition) is 3. The smallest absolute Gasteiger partial charge is 0.242 e. The van der Waals surface area contributed by atoms with Gasteiger partial charge in [-0.05, 0) is 36.8 Å². The van der Waals surface area contributed by atoms with E-state index in [-0.39, 0.29) is 4.90 Å². The summed E-state index contributed by atoms with van der Waals surface area (Å²) in [6, 6.07) is 14.6. The van der Waals surface area contributed by atoms with Crippen LogP contribution in [0.25, 0.3) is 0 Å². The van der Waals surface area contributed by atoms with Gasteiger partial charge in [0.2, 0.25) is 10.0 Å². The number of ether oxygens (including phenoxy) is 1. The zero-order valence-corrected chi connectivity index (χ0v) is 13.2. The van der Waals surface area contributed by atoms with Crippen molar-refractivity contribution in [1.82, 2.24) is 4.31 Å². The van der Waals surface area contributed by atoms with Crippen molar-refractivity contribution in [2.45, 2.75) is 18.4 Å². The van der Waals surface area contributed by atoms with Crippen LogP contribution in [0.2, 0.25) is 0 Å². The molecule has 0 saturated carbocycles. The van der Waals surface area contributed by atoms with Crippen LogP contribution < -0.4 is 4.74 Å². The topological polar surface area (TPSA) is 46.6 Å². The number of hydrogen-bond donors (Lipinski definition) is 0. The van der Waals surface area contributed by atoms with Gasteiger partial charge in [0.15, 0.2) is 0 Å². The molecule has 0 fully saturated rings. The molecule has 0 saturated heterocycles. The molecule has 0 bridgehead atoms. The van der Waals surface area contributed by atoms with Crippen molar-refractivity contribution in [2.24, 2.45) is 0 Å². The highest BCUT2D eigenvalue weighted by Gasteiger charge is 2.17. The third-order valence-corrected chi connectivity index (χ3v) is 4.91. The van der Waals surface area contributed by atoms with Crippen LogP contribution in [0.4, 0.5) is 0 Å². The maximum absolute atomic E-state index is 12.1. The molecule has 112 valence electrons. The quantitative estimate of drug-likeness (QED) is 0.853. The standard InChI is InChI=1S/C16H19NO3S/c1-13-7-9-15(10-8-13)20-12-14-5-4-6-16(11-14)21(18,19)17(2)3/h4-11H,12H2,1-3H3. The summed E-state index contributed by atoms with van der Waals surface area (Å²) in [5.74, 6) is 0.765. The second-order valence-corrected chi connectivity index (χ2v) is 7.19. The van der Waals surface area contributed by atoms with Gasteiger partial charge in [0.25, 0.3) is 0 Å². The summed E-state index contributed by atoms with van der Waals surface area (Å²) in [6.07, 6.45) is 0. The molecule has 21 heavy (non-hydrogen) atoms. The summed E-state index contributed by atoms with van der Waals surface area (Å²) in [5, 5.41) is 0. The summed E-state index contributed by atoms with van der Waals surface area (Å²) >= 11 is 0. The molecule has 0 radical (unpaired) electrons. The molecule has 0 aliphatic carbocycles. The molecular weight excluding hydrogens is 286 g/mol. The van der Waals surface area contributed by atoms with E-state index in [1.165, 1.54) is 24.0 Å². The van der Waals surface area contributed by atoms with Gasteiger partial charge in [0.1, 0.15) is 12.4 Å². The van der Waals surface area contributed by atoms with Crippen LogP contribution in [0.1, 0.15) is 11.1 Å². The molecule has 4 nitrogen and oxygen atoms in total. The highest BCUT2D eigenvalue weighted by Crippen LogP contribution is 2.17. The van der Waals surface area contributed by atoms with Gasteiger partial charge in [0, 0.05) is 14.1 Å². The minimum Gasteiger partial charge on any atom is -0.489 e. The van der Waals surface area contributed by atoms with Gasteiger partial charge in [-0.3, -0.25) is 0 Å². The second-order valence-electron chi connectivity index (χ2n) is 5.04. The van der Waals surface area contributed by atoms with Gasteiger partial charge in [0.05, 0.1) is 4.90 Å². The number of sulfonamides is 1. The minimum atomic E-state index is -3.41. The predicted octanol–water partition coefficient (Wildman–Crippen LogP) is 2.82. The third kappa shape index (κ3) is 3.83. The first-order valence-electron chi connectivity index (χ1n) is 6.60. The Morgan fingerprint density at radius 3 is 2.33 bits per heavy atom. The molecule has 0 spiro atoms. The maximum atomic E-state index is 12.1. The summed E-state index contributed by atoms with van der Waals surface area (Å²) < 4.78 is 31.0. The number of aryl methyl sites for hydroxylation is 1. The molecule has 5 heteroatoms. The fraction of sp³-hybridized carbons (Fsp3) is 0.250. The van der Waals surface area contributed by atoms with Crippen molar-refractivity contribution >= 4 is 10.0 Å². The molecule has 0 aromatic heterocycles. The van der Waals surface area contributed by atoms with Gasteiger partial charge in [-0.25, -0.2) is 12.7 Å². The van der Waals surface area contributed by atoms with Crippen molar-refractivity contribution in [3.05, 3.63) is 59.7 Å².